The zero-order valence-corrected chi connectivity index (χ0v) is 21.5. The average Bonchev–Trinajstić information content (AvgIpc) is 3.55. The number of carbonyl (C=O) groups excluding carboxylic acids is 1. The molecule has 2 atom stereocenters. The van der Waals surface area contributed by atoms with Gasteiger partial charge in [0.1, 0.15) is 6.07 Å². The molecule has 2 unspecified atom stereocenters. The maximum absolute atomic E-state index is 11.8. The summed E-state index contributed by atoms with van der Waals surface area (Å²) in [6, 6.07) is 7.35. The Balaban J connectivity index is 0.000000178. The van der Waals surface area contributed by atoms with Gasteiger partial charge in [-0.25, -0.2) is 0 Å². The summed E-state index contributed by atoms with van der Waals surface area (Å²) in [5.74, 6) is 3.49. The van der Waals surface area contributed by atoms with Crippen molar-refractivity contribution in [3.63, 3.8) is 0 Å². The van der Waals surface area contributed by atoms with Crippen LogP contribution in [0.1, 0.15) is 96.1 Å². The van der Waals surface area contributed by atoms with Gasteiger partial charge in [-0.15, -0.1) is 0 Å². The van der Waals surface area contributed by atoms with Crippen molar-refractivity contribution in [2.24, 2.45) is 23.7 Å². The zero-order chi connectivity index (χ0) is 23.5. The van der Waals surface area contributed by atoms with E-state index < -0.39 is 0 Å². The molecule has 178 valence electrons. The molecule has 3 fully saturated rings. The molecule has 3 aliphatic rings. The highest BCUT2D eigenvalue weighted by molar-refractivity contribution is 6.31. The lowest BCUT2D eigenvalue weighted by Gasteiger charge is -2.19. The van der Waals surface area contributed by atoms with Crippen molar-refractivity contribution in [2.45, 2.75) is 91.9 Å². The Morgan fingerprint density at radius 2 is 1.84 bits per heavy atom. The third kappa shape index (κ3) is 8.78. The average molecular weight is 459 g/mol. The molecule has 1 heterocycles. The molecule has 0 aromatic heterocycles. The molecule has 0 spiro atoms. The Morgan fingerprint density at radius 3 is 2.34 bits per heavy atom. The van der Waals surface area contributed by atoms with Crippen LogP contribution in [0.4, 0.5) is 0 Å². The number of rotatable bonds is 4. The van der Waals surface area contributed by atoms with Crippen LogP contribution < -0.4 is 0 Å². The first-order valence-corrected chi connectivity index (χ1v) is 13.2. The first-order chi connectivity index (χ1) is 15.4. The van der Waals surface area contributed by atoms with Crippen molar-refractivity contribution in [1.29, 1.82) is 5.26 Å². The van der Waals surface area contributed by atoms with Crippen molar-refractivity contribution < 1.29 is 4.79 Å². The molecule has 4 heteroatoms. The fraction of sp³-hybridized carbons (Fsp3) is 0.714. The number of nitrogens with zero attached hydrogens (tertiary/aromatic N) is 2. The van der Waals surface area contributed by atoms with E-state index in [-0.39, 0.29) is 0 Å². The Hall–Kier alpha value is -1.53. The second-order valence-electron chi connectivity index (χ2n) is 10.0. The molecule has 4 rings (SSSR count). The molecule has 1 saturated heterocycles. The van der Waals surface area contributed by atoms with Gasteiger partial charge in [-0.2, -0.15) is 5.26 Å². The second kappa shape index (κ2) is 13.9. The highest BCUT2D eigenvalue weighted by Gasteiger charge is 2.37. The second-order valence-corrected chi connectivity index (χ2v) is 10.4. The smallest absolute Gasteiger partial charge is 0.225 e. The summed E-state index contributed by atoms with van der Waals surface area (Å²) in [5.41, 5.74) is 1.61. The molecular formula is C28H43ClN2O. The summed E-state index contributed by atoms with van der Waals surface area (Å²) in [6.45, 7) is 10.9. The lowest BCUT2D eigenvalue weighted by molar-refractivity contribution is -0.131. The molecule has 1 aromatic carbocycles. The van der Waals surface area contributed by atoms with Gasteiger partial charge in [0.2, 0.25) is 5.91 Å². The summed E-state index contributed by atoms with van der Waals surface area (Å²) in [6.07, 6.45) is 13.7. The van der Waals surface area contributed by atoms with Gasteiger partial charge >= 0.3 is 0 Å². The van der Waals surface area contributed by atoms with Crippen LogP contribution in [0.5, 0.6) is 0 Å². The van der Waals surface area contributed by atoms with Crippen LogP contribution in [0.25, 0.3) is 0 Å². The Kier molecular flexibility index (Phi) is 11.6. The number of hydrogen-bond donors (Lipinski definition) is 0. The Morgan fingerprint density at radius 1 is 1.16 bits per heavy atom. The number of carbonyl (C=O) groups is 1. The maximum Gasteiger partial charge on any atom is 0.225 e. The number of likely N-dealkylation sites (tertiary alicyclic amines) is 1. The normalized spacial score (nSPS) is 21.5. The summed E-state index contributed by atoms with van der Waals surface area (Å²) >= 11 is 5.71. The number of amides is 1. The summed E-state index contributed by atoms with van der Waals surface area (Å²) in [4.78, 5) is 13.9. The van der Waals surface area contributed by atoms with Crippen LogP contribution in [0.3, 0.4) is 0 Å². The van der Waals surface area contributed by atoms with Gasteiger partial charge in [-0.05, 0) is 61.6 Å². The first-order valence-electron chi connectivity index (χ1n) is 12.8. The number of benzene rings is 1. The highest BCUT2D eigenvalue weighted by atomic mass is 35.5. The molecule has 32 heavy (non-hydrogen) atoms. The number of aryl methyl sites for hydroxylation is 1. The van der Waals surface area contributed by atoms with Gasteiger partial charge < -0.3 is 4.90 Å². The predicted molar refractivity (Wildman–Crippen MR) is 135 cm³/mol. The lowest BCUT2D eigenvalue weighted by Crippen LogP contribution is -2.30. The van der Waals surface area contributed by atoms with Gasteiger partial charge in [0.15, 0.2) is 0 Å². The minimum absolute atomic E-state index is 0.408. The molecule has 2 saturated carbocycles. The van der Waals surface area contributed by atoms with E-state index in [2.05, 4.69) is 25.7 Å². The van der Waals surface area contributed by atoms with E-state index >= 15 is 0 Å². The zero-order valence-electron chi connectivity index (χ0n) is 20.7. The molecule has 3 nitrogen and oxygen atoms in total. The number of halogens is 1. The van der Waals surface area contributed by atoms with E-state index in [0.29, 0.717) is 22.4 Å². The van der Waals surface area contributed by atoms with Crippen molar-refractivity contribution in [2.75, 3.05) is 13.1 Å². The van der Waals surface area contributed by atoms with E-state index in [4.69, 9.17) is 16.9 Å². The van der Waals surface area contributed by atoms with Gasteiger partial charge in [0, 0.05) is 19.0 Å². The van der Waals surface area contributed by atoms with Gasteiger partial charge in [0.05, 0.1) is 10.6 Å². The molecule has 1 aliphatic heterocycles. The lowest BCUT2D eigenvalue weighted by atomic mass is 9.88. The third-order valence-electron chi connectivity index (χ3n) is 7.46. The third-order valence-corrected chi connectivity index (χ3v) is 7.77. The van der Waals surface area contributed by atoms with Crippen molar-refractivity contribution in [3.05, 3.63) is 34.3 Å². The van der Waals surface area contributed by atoms with E-state index in [0.717, 1.165) is 49.2 Å². The standard InChI is InChI=1S/C12H21NO.C8H6ClN.C8H16/c1-3-9(2)11-6-7-13(8-11)12(14)10-4-5-10;1-6-2-3-7(5-10)8(9)4-6;1-2-8-6-4-3-5-7-8/h9-11H,3-8H2,1-2H3;2-4H,1H3;8H,2-7H2,1H3. The summed E-state index contributed by atoms with van der Waals surface area (Å²) < 4.78 is 0. The van der Waals surface area contributed by atoms with Crippen LogP contribution in [-0.2, 0) is 4.79 Å². The van der Waals surface area contributed by atoms with Gasteiger partial charge in [-0.3, -0.25) is 4.79 Å². The van der Waals surface area contributed by atoms with E-state index in [1.54, 1.807) is 12.1 Å². The molecule has 0 bridgehead atoms. The largest absolute Gasteiger partial charge is 0.342 e. The quantitative estimate of drug-likeness (QED) is 0.462. The van der Waals surface area contributed by atoms with Crippen LogP contribution >= 0.6 is 11.6 Å². The highest BCUT2D eigenvalue weighted by Crippen LogP contribution is 2.34. The summed E-state index contributed by atoms with van der Waals surface area (Å²) in [5, 5.41) is 9.00. The molecule has 1 aromatic rings. The fourth-order valence-electron chi connectivity index (χ4n) is 4.68. The first kappa shape index (κ1) is 26.7. The van der Waals surface area contributed by atoms with Crippen LogP contribution in [0.2, 0.25) is 5.02 Å². The summed E-state index contributed by atoms with van der Waals surface area (Å²) in [7, 11) is 0. The van der Waals surface area contributed by atoms with Crippen LogP contribution in [-0.4, -0.2) is 23.9 Å². The van der Waals surface area contributed by atoms with E-state index in [1.165, 1.54) is 51.4 Å². The van der Waals surface area contributed by atoms with Crippen molar-refractivity contribution in [1.82, 2.24) is 4.90 Å². The molecular weight excluding hydrogens is 416 g/mol. The SMILES string of the molecule is CCC(C)C1CCN(C(=O)C2CC2)C1.CCC1CCCCC1.Cc1ccc(C#N)c(Cl)c1. The topological polar surface area (TPSA) is 44.1 Å². The predicted octanol–water partition coefficient (Wildman–Crippen LogP) is 7.79. The minimum atomic E-state index is 0.408. The van der Waals surface area contributed by atoms with E-state index in [9.17, 15) is 4.79 Å². The number of hydrogen-bond acceptors (Lipinski definition) is 2. The van der Waals surface area contributed by atoms with Gasteiger partial charge in [-0.1, -0.05) is 83.4 Å². The van der Waals surface area contributed by atoms with Gasteiger partial charge in [0.25, 0.3) is 0 Å². The van der Waals surface area contributed by atoms with Crippen molar-refractivity contribution >= 4 is 17.5 Å². The van der Waals surface area contributed by atoms with E-state index in [1.807, 2.05) is 19.1 Å². The Bertz CT molecular complexity index is 746. The molecule has 2 aliphatic carbocycles. The maximum atomic E-state index is 11.8. The molecule has 0 N–H and O–H groups in total. The molecule has 1 amide bonds. The Labute approximate surface area is 201 Å². The fourth-order valence-corrected chi connectivity index (χ4v) is 4.96. The van der Waals surface area contributed by atoms with Crippen molar-refractivity contribution in [3.8, 4) is 6.07 Å². The molecule has 0 radical (unpaired) electrons. The van der Waals surface area contributed by atoms with Crippen LogP contribution in [0.15, 0.2) is 18.2 Å². The number of nitriles is 1. The van der Waals surface area contributed by atoms with Crippen LogP contribution in [0, 0.1) is 41.9 Å². The minimum Gasteiger partial charge on any atom is -0.342 e. The monoisotopic (exact) mass is 458 g/mol.